The van der Waals surface area contributed by atoms with Crippen molar-refractivity contribution >= 4 is 17.5 Å². The van der Waals surface area contributed by atoms with E-state index in [-0.39, 0.29) is 24.1 Å². The molecule has 150 valence electrons. The minimum atomic E-state index is -0.498. The molecule has 1 atom stereocenters. The van der Waals surface area contributed by atoms with Crippen molar-refractivity contribution in [2.45, 2.75) is 46.6 Å². The molecule has 0 saturated carbocycles. The molecule has 3 aromatic rings. The van der Waals surface area contributed by atoms with Gasteiger partial charge < -0.3 is 10.1 Å². The average molecular weight is 392 g/mol. The van der Waals surface area contributed by atoms with E-state index >= 15 is 0 Å². The van der Waals surface area contributed by atoms with Gasteiger partial charge in [-0.1, -0.05) is 12.1 Å². The standard InChI is InChI=1S/C22H24N4O3/c1-5-29-22(28)17-11-23-26-19(10-13(3)24-20(17)26)21(27)25-18-9-8-15-14(4)12(2)6-7-16(15)18/h6-7,10-11,18H,5,8-9H2,1-4H3,(H,25,27). The number of amides is 1. The fraction of sp³-hybridized carbons (Fsp3) is 0.364. The van der Waals surface area contributed by atoms with E-state index in [1.165, 1.54) is 33.0 Å². The lowest BCUT2D eigenvalue weighted by atomic mass is 9.99. The highest BCUT2D eigenvalue weighted by Gasteiger charge is 2.27. The van der Waals surface area contributed by atoms with Gasteiger partial charge in [0.1, 0.15) is 11.3 Å². The van der Waals surface area contributed by atoms with Crippen molar-refractivity contribution in [2.24, 2.45) is 0 Å². The molecule has 0 fully saturated rings. The zero-order chi connectivity index (χ0) is 20.7. The lowest BCUT2D eigenvalue weighted by Gasteiger charge is -2.16. The van der Waals surface area contributed by atoms with Crippen LogP contribution in [-0.2, 0) is 11.2 Å². The van der Waals surface area contributed by atoms with Crippen LogP contribution in [0.15, 0.2) is 24.4 Å². The fourth-order valence-corrected chi connectivity index (χ4v) is 3.98. The number of hydrogen-bond acceptors (Lipinski definition) is 5. The Balaban J connectivity index is 1.67. The minimum Gasteiger partial charge on any atom is -0.462 e. The number of aromatic nitrogens is 3. The minimum absolute atomic E-state index is 0.0413. The number of nitrogens with one attached hydrogen (secondary N) is 1. The summed E-state index contributed by atoms with van der Waals surface area (Å²) in [5, 5.41) is 7.36. The summed E-state index contributed by atoms with van der Waals surface area (Å²) in [7, 11) is 0. The van der Waals surface area contributed by atoms with Crippen molar-refractivity contribution in [2.75, 3.05) is 6.61 Å². The van der Waals surface area contributed by atoms with E-state index in [0.717, 1.165) is 12.8 Å². The Bertz CT molecular complexity index is 1130. The molecule has 0 aliphatic heterocycles. The summed E-state index contributed by atoms with van der Waals surface area (Å²) in [6.07, 6.45) is 3.21. The van der Waals surface area contributed by atoms with Crippen molar-refractivity contribution in [3.05, 3.63) is 63.6 Å². The quantitative estimate of drug-likeness (QED) is 0.689. The molecule has 1 amide bonds. The van der Waals surface area contributed by atoms with Crippen molar-refractivity contribution in [1.29, 1.82) is 0 Å². The van der Waals surface area contributed by atoms with Gasteiger partial charge in [-0.15, -0.1) is 0 Å². The maximum absolute atomic E-state index is 13.1. The summed E-state index contributed by atoms with van der Waals surface area (Å²) < 4.78 is 6.48. The van der Waals surface area contributed by atoms with Gasteiger partial charge in [-0.3, -0.25) is 4.79 Å². The van der Waals surface area contributed by atoms with Crippen LogP contribution < -0.4 is 5.32 Å². The van der Waals surface area contributed by atoms with Gasteiger partial charge in [0.2, 0.25) is 0 Å². The Hall–Kier alpha value is -3.22. The second kappa shape index (κ2) is 7.31. The van der Waals surface area contributed by atoms with Crippen LogP contribution in [0.1, 0.15) is 68.2 Å². The van der Waals surface area contributed by atoms with E-state index in [1.54, 1.807) is 19.9 Å². The van der Waals surface area contributed by atoms with Gasteiger partial charge in [-0.25, -0.2) is 14.3 Å². The molecule has 29 heavy (non-hydrogen) atoms. The van der Waals surface area contributed by atoms with E-state index in [4.69, 9.17) is 4.74 Å². The highest BCUT2D eigenvalue weighted by atomic mass is 16.5. The van der Waals surface area contributed by atoms with Gasteiger partial charge in [0, 0.05) is 5.69 Å². The molecule has 0 saturated heterocycles. The first-order valence-electron chi connectivity index (χ1n) is 9.83. The van der Waals surface area contributed by atoms with Gasteiger partial charge in [0.05, 0.1) is 18.8 Å². The molecule has 0 bridgehead atoms. The summed E-state index contributed by atoms with van der Waals surface area (Å²) in [5.41, 5.74) is 6.63. The second-order valence-corrected chi connectivity index (χ2v) is 7.44. The topological polar surface area (TPSA) is 85.6 Å². The number of benzene rings is 1. The lowest BCUT2D eigenvalue weighted by Crippen LogP contribution is -2.29. The highest BCUT2D eigenvalue weighted by molar-refractivity contribution is 5.98. The summed E-state index contributed by atoms with van der Waals surface area (Å²) in [5.74, 6) is -0.738. The van der Waals surface area contributed by atoms with Gasteiger partial charge in [-0.2, -0.15) is 5.10 Å². The van der Waals surface area contributed by atoms with Crippen molar-refractivity contribution in [1.82, 2.24) is 19.9 Å². The first-order valence-corrected chi connectivity index (χ1v) is 9.83. The Morgan fingerprint density at radius 2 is 2.07 bits per heavy atom. The maximum atomic E-state index is 13.1. The number of aryl methyl sites for hydroxylation is 2. The summed E-state index contributed by atoms with van der Waals surface area (Å²) in [6.45, 7) is 8.03. The number of rotatable bonds is 4. The number of ether oxygens (including phenoxy) is 1. The van der Waals surface area contributed by atoms with E-state index in [0.29, 0.717) is 17.0 Å². The van der Waals surface area contributed by atoms with Crippen LogP contribution in [-0.4, -0.2) is 33.1 Å². The van der Waals surface area contributed by atoms with Crippen LogP contribution in [0.4, 0.5) is 0 Å². The molecular weight excluding hydrogens is 368 g/mol. The van der Waals surface area contributed by atoms with Crippen LogP contribution in [0.3, 0.4) is 0 Å². The monoisotopic (exact) mass is 392 g/mol. The number of carbonyl (C=O) groups is 2. The summed E-state index contributed by atoms with van der Waals surface area (Å²) >= 11 is 0. The van der Waals surface area contributed by atoms with Gasteiger partial charge >= 0.3 is 5.97 Å². The molecule has 2 heterocycles. The van der Waals surface area contributed by atoms with Crippen molar-refractivity contribution in [3.63, 3.8) is 0 Å². The van der Waals surface area contributed by atoms with E-state index < -0.39 is 5.97 Å². The van der Waals surface area contributed by atoms with Crippen LogP contribution in [0.2, 0.25) is 0 Å². The van der Waals surface area contributed by atoms with Crippen molar-refractivity contribution < 1.29 is 14.3 Å². The second-order valence-electron chi connectivity index (χ2n) is 7.44. The molecule has 1 N–H and O–H groups in total. The van der Waals surface area contributed by atoms with Gasteiger partial charge in [0.25, 0.3) is 5.91 Å². The number of hydrogen-bond donors (Lipinski definition) is 1. The van der Waals surface area contributed by atoms with Crippen LogP contribution in [0.5, 0.6) is 0 Å². The molecule has 7 heteroatoms. The normalized spacial score (nSPS) is 15.4. The third kappa shape index (κ3) is 3.26. The summed E-state index contributed by atoms with van der Waals surface area (Å²) in [4.78, 5) is 29.7. The zero-order valence-corrected chi connectivity index (χ0v) is 17.1. The largest absolute Gasteiger partial charge is 0.462 e. The molecule has 0 radical (unpaired) electrons. The first kappa shape index (κ1) is 19.1. The molecule has 1 unspecified atom stereocenters. The Kier molecular flexibility index (Phi) is 4.82. The van der Waals surface area contributed by atoms with Crippen LogP contribution in [0, 0.1) is 20.8 Å². The highest BCUT2D eigenvalue weighted by Crippen LogP contribution is 2.34. The molecular formula is C22H24N4O3. The molecule has 2 aromatic heterocycles. The third-order valence-electron chi connectivity index (χ3n) is 5.60. The molecule has 7 nitrogen and oxygen atoms in total. The Labute approximate surface area is 169 Å². The number of nitrogens with zero attached hydrogens (tertiary/aromatic N) is 3. The predicted molar refractivity (Wildman–Crippen MR) is 108 cm³/mol. The van der Waals surface area contributed by atoms with Gasteiger partial charge in [-0.05, 0) is 68.9 Å². The van der Waals surface area contributed by atoms with Crippen LogP contribution >= 0.6 is 0 Å². The van der Waals surface area contributed by atoms with E-state index in [1.807, 2.05) is 0 Å². The maximum Gasteiger partial charge on any atom is 0.343 e. The Morgan fingerprint density at radius 1 is 1.28 bits per heavy atom. The van der Waals surface area contributed by atoms with Crippen molar-refractivity contribution in [3.8, 4) is 0 Å². The zero-order valence-electron chi connectivity index (χ0n) is 17.1. The number of esters is 1. The summed E-state index contributed by atoms with van der Waals surface area (Å²) in [6, 6.07) is 5.85. The average Bonchev–Trinajstić information content (AvgIpc) is 3.29. The lowest BCUT2D eigenvalue weighted by molar-refractivity contribution is 0.0528. The SMILES string of the molecule is CCOC(=O)c1cnn2c(C(=O)NC3CCc4c3ccc(C)c4C)cc(C)nc12. The Morgan fingerprint density at radius 3 is 2.83 bits per heavy atom. The van der Waals surface area contributed by atoms with Crippen LogP contribution in [0.25, 0.3) is 5.65 Å². The fourth-order valence-electron chi connectivity index (χ4n) is 3.98. The smallest absolute Gasteiger partial charge is 0.343 e. The number of carbonyl (C=O) groups excluding carboxylic acids is 2. The molecule has 1 aliphatic rings. The first-order chi connectivity index (χ1) is 13.9. The molecule has 1 aromatic carbocycles. The van der Waals surface area contributed by atoms with E-state index in [9.17, 15) is 9.59 Å². The predicted octanol–water partition coefficient (Wildman–Crippen LogP) is 3.25. The molecule has 1 aliphatic carbocycles. The molecule has 4 rings (SSSR count). The van der Waals surface area contributed by atoms with Gasteiger partial charge in [0.15, 0.2) is 5.65 Å². The van der Waals surface area contributed by atoms with E-state index in [2.05, 4.69) is 41.4 Å². The third-order valence-corrected chi connectivity index (χ3v) is 5.60. The molecule has 0 spiro atoms. The number of fused-ring (bicyclic) bond motifs is 2.